The average molecular weight is 216 g/mol. The van der Waals surface area contributed by atoms with Gasteiger partial charge in [-0.05, 0) is 38.4 Å². The van der Waals surface area contributed by atoms with Gasteiger partial charge in [0.25, 0.3) is 0 Å². The van der Waals surface area contributed by atoms with Gasteiger partial charge in [-0.25, -0.2) is 9.97 Å². The number of nitrogens with two attached hydrogens (primary N) is 2. The smallest absolute Gasteiger partial charge is 0.220 e. The molecule has 2 aromatic rings. The van der Waals surface area contributed by atoms with Gasteiger partial charge >= 0.3 is 0 Å². The number of rotatable bonds is 3. The number of aryl methyl sites for hydroxylation is 2. The lowest BCUT2D eigenvalue weighted by molar-refractivity contribution is 0.815. The molecule has 0 radical (unpaired) electrons. The maximum atomic E-state index is 5.68. The molecule has 0 aliphatic rings. The van der Waals surface area contributed by atoms with Crippen LogP contribution in [0.25, 0.3) is 10.9 Å². The molecule has 0 bridgehead atoms. The number of benzene rings is 1. The predicted molar refractivity (Wildman–Crippen MR) is 66.1 cm³/mol. The molecule has 0 aliphatic heterocycles. The van der Waals surface area contributed by atoms with Gasteiger partial charge in [-0.2, -0.15) is 0 Å². The first-order chi connectivity index (χ1) is 7.70. The van der Waals surface area contributed by atoms with Gasteiger partial charge < -0.3 is 11.5 Å². The molecule has 84 valence electrons. The van der Waals surface area contributed by atoms with E-state index in [0.29, 0.717) is 12.5 Å². The van der Waals surface area contributed by atoms with Crippen molar-refractivity contribution in [1.29, 1.82) is 0 Å². The lowest BCUT2D eigenvalue weighted by Crippen LogP contribution is -2.05. The maximum Gasteiger partial charge on any atom is 0.220 e. The summed E-state index contributed by atoms with van der Waals surface area (Å²) >= 11 is 0. The standard InChI is InChI=1S/C12H16N4/c1-8-4-5-11-9(7-8)10(3-2-6-13)15-12(14)16-11/h4-5,7H,2-3,6,13H2,1H3,(H2,14,15,16). The number of hydrogen-bond acceptors (Lipinski definition) is 4. The second-order valence-corrected chi connectivity index (χ2v) is 3.94. The molecule has 1 heterocycles. The van der Waals surface area contributed by atoms with Crippen LogP contribution in [0.4, 0.5) is 5.95 Å². The fourth-order valence-corrected chi connectivity index (χ4v) is 1.79. The quantitative estimate of drug-likeness (QED) is 0.813. The van der Waals surface area contributed by atoms with Crippen LogP contribution in [0.15, 0.2) is 18.2 Å². The summed E-state index contributed by atoms with van der Waals surface area (Å²) in [6.07, 6.45) is 1.77. The highest BCUT2D eigenvalue weighted by molar-refractivity contribution is 5.82. The van der Waals surface area contributed by atoms with E-state index in [1.165, 1.54) is 5.56 Å². The lowest BCUT2D eigenvalue weighted by atomic mass is 10.1. The van der Waals surface area contributed by atoms with Crippen molar-refractivity contribution in [2.45, 2.75) is 19.8 Å². The first-order valence-corrected chi connectivity index (χ1v) is 5.43. The van der Waals surface area contributed by atoms with Crippen LogP contribution in [0.5, 0.6) is 0 Å². The highest BCUT2D eigenvalue weighted by Crippen LogP contribution is 2.19. The van der Waals surface area contributed by atoms with Crippen molar-refractivity contribution >= 4 is 16.9 Å². The van der Waals surface area contributed by atoms with Crippen molar-refractivity contribution in [2.75, 3.05) is 12.3 Å². The van der Waals surface area contributed by atoms with Crippen LogP contribution in [-0.4, -0.2) is 16.5 Å². The summed E-state index contributed by atoms with van der Waals surface area (Å²) in [5.41, 5.74) is 14.3. The number of hydrogen-bond donors (Lipinski definition) is 2. The molecule has 4 N–H and O–H groups in total. The molecular weight excluding hydrogens is 200 g/mol. The summed E-state index contributed by atoms with van der Waals surface area (Å²) < 4.78 is 0. The van der Waals surface area contributed by atoms with Crippen LogP contribution in [0.2, 0.25) is 0 Å². The molecule has 0 aliphatic carbocycles. The Hall–Kier alpha value is -1.68. The van der Waals surface area contributed by atoms with Gasteiger partial charge in [0.15, 0.2) is 0 Å². The van der Waals surface area contributed by atoms with Crippen molar-refractivity contribution in [3.8, 4) is 0 Å². The number of nitrogen functional groups attached to an aromatic ring is 1. The first kappa shape index (κ1) is 10.8. The normalized spacial score (nSPS) is 10.9. The number of fused-ring (bicyclic) bond motifs is 1. The van der Waals surface area contributed by atoms with Gasteiger partial charge in [0.2, 0.25) is 5.95 Å². The van der Waals surface area contributed by atoms with Gasteiger partial charge in [0, 0.05) is 5.39 Å². The number of nitrogens with zero attached hydrogens (tertiary/aromatic N) is 2. The Morgan fingerprint density at radius 1 is 1.25 bits per heavy atom. The van der Waals surface area contributed by atoms with Crippen LogP contribution in [-0.2, 0) is 6.42 Å². The third-order valence-electron chi connectivity index (χ3n) is 2.57. The van der Waals surface area contributed by atoms with Gasteiger partial charge in [-0.15, -0.1) is 0 Å². The minimum Gasteiger partial charge on any atom is -0.368 e. The number of anilines is 1. The van der Waals surface area contributed by atoms with Crippen molar-refractivity contribution in [3.05, 3.63) is 29.5 Å². The molecular formula is C12H16N4. The van der Waals surface area contributed by atoms with E-state index in [2.05, 4.69) is 23.0 Å². The van der Waals surface area contributed by atoms with Gasteiger partial charge in [-0.3, -0.25) is 0 Å². The molecule has 16 heavy (non-hydrogen) atoms. The number of aromatic nitrogens is 2. The van der Waals surface area contributed by atoms with Crippen LogP contribution in [0, 0.1) is 6.92 Å². The van der Waals surface area contributed by atoms with Gasteiger partial charge in [0.05, 0.1) is 11.2 Å². The molecule has 0 fully saturated rings. The average Bonchev–Trinajstić information content (AvgIpc) is 2.26. The summed E-state index contributed by atoms with van der Waals surface area (Å²) in [5, 5.41) is 1.09. The van der Waals surface area contributed by atoms with E-state index < -0.39 is 0 Å². The predicted octanol–water partition coefficient (Wildman–Crippen LogP) is 1.41. The molecule has 0 amide bonds. The Kier molecular flexibility index (Phi) is 3.01. The van der Waals surface area contributed by atoms with Gasteiger partial charge in [-0.1, -0.05) is 11.6 Å². The molecule has 1 aromatic carbocycles. The SMILES string of the molecule is Cc1ccc2nc(N)nc(CCCN)c2c1. The van der Waals surface area contributed by atoms with Crippen LogP contribution < -0.4 is 11.5 Å². The lowest BCUT2D eigenvalue weighted by Gasteiger charge is -2.06. The summed E-state index contributed by atoms with van der Waals surface area (Å²) in [4.78, 5) is 8.51. The molecule has 2 rings (SSSR count). The van der Waals surface area contributed by atoms with E-state index in [4.69, 9.17) is 11.5 Å². The Labute approximate surface area is 94.7 Å². The molecule has 0 atom stereocenters. The zero-order chi connectivity index (χ0) is 11.5. The fraction of sp³-hybridized carbons (Fsp3) is 0.333. The van der Waals surface area contributed by atoms with E-state index >= 15 is 0 Å². The fourth-order valence-electron chi connectivity index (χ4n) is 1.79. The largest absolute Gasteiger partial charge is 0.368 e. The highest BCUT2D eigenvalue weighted by Gasteiger charge is 2.05. The summed E-state index contributed by atoms with van der Waals surface area (Å²) in [7, 11) is 0. The third kappa shape index (κ3) is 2.12. The van der Waals surface area contributed by atoms with Gasteiger partial charge in [0.1, 0.15) is 0 Å². The van der Waals surface area contributed by atoms with Crippen LogP contribution in [0.3, 0.4) is 0 Å². The molecule has 0 saturated carbocycles. The van der Waals surface area contributed by atoms with Crippen LogP contribution in [0.1, 0.15) is 17.7 Å². The molecule has 1 aromatic heterocycles. The van der Waals surface area contributed by atoms with E-state index in [0.717, 1.165) is 29.4 Å². The Morgan fingerprint density at radius 3 is 2.81 bits per heavy atom. The van der Waals surface area contributed by atoms with E-state index in [9.17, 15) is 0 Å². The van der Waals surface area contributed by atoms with Crippen molar-refractivity contribution in [1.82, 2.24) is 9.97 Å². The minimum absolute atomic E-state index is 0.336. The van der Waals surface area contributed by atoms with Crippen LogP contribution >= 0.6 is 0 Å². The van der Waals surface area contributed by atoms with E-state index in [-0.39, 0.29) is 0 Å². The van der Waals surface area contributed by atoms with Crippen molar-refractivity contribution in [3.63, 3.8) is 0 Å². The van der Waals surface area contributed by atoms with E-state index in [1.807, 2.05) is 12.1 Å². The molecule has 4 heteroatoms. The van der Waals surface area contributed by atoms with Crippen molar-refractivity contribution in [2.24, 2.45) is 5.73 Å². The topological polar surface area (TPSA) is 77.8 Å². The monoisotopic (exact) mass is 216 g/mol. The molecule has 0 unspecified atom stereocenters. The first-order valence-electron chi connectivity index (χ1n) is 5.43. The van der Waals surface area contributed by atoms with E-state index in [1.54, 1.807) is 0 Å². The zero-order valence-corrected chi connectivity index (χ0v) is 9.40. The maximum absolute atomic E-state index is 5.68. The zero-order valence-electron chi connectivity index (χ0n) is 9.40. The minimum atomic E-state index is 0.336. The summed E-state index contributed by atoms with van der Waals surface area (Å²) in [5.74, 6) is 0.336. The Morgan fingerprint density at radius 2 is 2.06 bits per heavy atom. The molecule has 4 nitrogen and oxygen atoms in total. The highest BCUT2D eigenvalue weighted by atomic mass is 15.0. The summed E-state index contributed by atoms with van der Waals surface area (Å²) in [6.45, 7) is 2.72. The molecule has 0 saturated heterocycles. The van der Waals surface area contributed by atoms with Crippen molar-refractivity contribution < 1.29 is 0 Å². The second kappa shape index (κ2) is 4.45. The Balaban J connectivity index is 2.55. The Bertz CT molecular complexity index is 508. The summed E-state index contributed by atoms with van der Waals surface area (Å²) in [6, 6.07) is 6.11. The third-order valence-corrected chi connectivity index (χ3v) is 2.57. The second-order valence-electron chi connectivity index (χ2n) is 3.94. The molecule has 0 spiro atoms.